The molecule has 0 fully saturated rings. The first-order valence-electron chi connectivity index (χ1n) is 10.2. The first-order chi connectivity index (χ1) is 16.0. The molecule has 2 aromatic heterocycles. The average Bonchev–Trinajstić information content (AvgIpc) is 3.50. The van der Waals surface area contributed by atoms with Gasteiger partial charge in [-0.3, -0.25) is 4.98 Å². The molecule has 0 spiro atoms. The lowest BCUT2D eigenvalue weighted by Gasteiger charge is -2.16. The van der Waals surface area contributed by atoms with E-state index < -0.39 is 10.0 Å². The van der Waals surface area contributed by atoms with Gasteiger partial charge in [-0.05, 0) is 59.2 Å². The van der Waals surface area contributed by atoms with Gasteiger partial charge >= 0.3 is 0 Å². The van der Waals surface area contributed by atoms with Gasteiger partial charge in [0.05, 0.1) is 16.8 Å². The van der Waals surface area contributed by atoms with Gasteiger partial charge in [0.2, 0.25) is 15.9 Å². The summed E-state index contributed by atoms with van der Waals surface area (Å²) >= 11 is 3.49. The van der Waals surface area contributed by atoms with Crippen molar-refractivity contribution < 1.29 is 17.6 Å². The molecule has 0 aliphatic carbocycles. The van der Waals surface area contributed by atoms with Crippen LogP contribution in [0.3, 0.4) is 0 Å². The van der Waals surface area contributed by atoms with Crippen LogP contribution in [-0.2, 0) is 27.8 Å². The van der Waals surface area contributed by atoms with Crippen LogP contribution in [0.25, 0.3) is 11.5 Å². The summed E-state index contributed by atoms with van der Waals surface area (Å²) in [6, 6.07) is 16.4. The lowest BCUT2D eigenvalue weighted by Crippen LogP contribution is -2.25. The number of aromatic nitrogens is 2. The minimum absolute atomic E-state index is 0.225. The summed E-state index contributed by atoms with van der Waals surface area (Å²) in [5, 5.41) is 0. The predicted molar refractivity (Wildman–Crippen MR) is 126 cm³/mol. The molecule has 3 heterocycles. The Kier molecular flexibility index (Phi) is 5.88. The monoisotopic (exact) mass is 525 g/mol. The summed E-state index contributed by atoms with van der Waals surface area (Å²) in [6.07, 6.45) is 4.43. The highest BCUT2D eigenvalue weighted by Gasteiger charge is 2.32. The molecular weight excluding hydrogens is 506 g/mol. The maximum atomic E-state index is 13.3. The van der Waals surface area contributed by atoms with Gasteiger partial charge in [-0.25, -0.2) is 13.4 Å². The summed E-state index contributed by atoms with van der Waals surface area (Å²) in [7, 11) is -2.03. The number of nitrogens with zero attached hydrogens (tertiary/aromatic N) is 3. The van der Waals surface area contributed by atoms with Crippen molar-refractivity contribution in [2.75, 3.05) is 7.11 Å². The lowest BCUT2D eigenvalue weighted by molar-refractivity contribution is 0.133. The Balaban J connectivity index is 1.39. The molecule has 1 unspecified atom stereocenters. The van der Waals surface area contributed by atoms with Crippen LogP contribution in [-0.4, -0.2) is 29.8 Å². The molecule has 9 heteroatoms. The second kappa shape index (κ2) is 8.83. The molecule has 33 heavy (non-hydrogen) atoms. The van der Waals surface area contributed by atoms with E-state index in [9.17, 15) is 8.42 Å². The summed E-state index contributed by atoms with van der Waals surface area (Å²) < 4.78 is 39.9. The molecule has 1 aliphatic heterocycles. The van der Waals surface area contributed by atoms with Crippen molar-refractivity contribution >= 4 is 26.0 Å². The third-order valence-electron chi connectivity index (χ3n) is 5.62. The van der Waals surface area contributed by atoms with Crippen LogP contribution in [0.5, 0.6) is 0 Å². The fraction of sp³-hybridized carbons (Fsp3) is 0.167. The molecule has 1 aliphatic rings. The third-order valence-corrected chi connectivity index (χ3v) is 7.92. The van der Waals surface area contributed by atoms with E-state index in [4.69, 9.17) is 9.15 Å². The molecule has 168 valence electrons. The van der Waals surface area contributed by atoms with E-state index in [0.717, 1.165) is 32.4 Å². The zero-order valence-corrected chi connectivity index (χ0v) is 20.1. The molecule has 4 aromatic rings. The van der Waals surface area contributed by atoms with Crippen LogP contribution in [0.2, 0.25) is 0 Å². The van der Waals surface area contributed by atoms with E-state index in [1.165, 1.54) is 10.6 Å². The van der Waals surface area contributed by atoms with Crippen LogP contribution >= 0.6 is 15.9 Å². The Labute approximate surface area is 200 Å². The van der Waals surface area contributed by atoms with Crippen molar-refractivity contribution in [1.82, 2.24) is 14.3 Å². The minimum Gasteiger partial charge on any atom is -0.445 e. The summed E-state index contributed by atoms with van der Waals surface area (Å²) in [4.78, 5) is 8.90. The van der Waals surface area contributed by atoms with E-state index in [1.807, 2.05) is 30.3 Å². The van der Waals surface area contributed by atoms with Crippen molar-refractivity contribution in [3.63, 3.8) is 0 Å². The standard InChI is InChI=1S/C24H20BrN3O4S/c1-31-23(17-3-2-4-20(25)11-17)22-12-18-14-28(15-19(18)13-27-22)33(29,30)21-7-5-16(6-8-21)24-26-9-10-32-24/h2-13,23H,14-15H2,1H3. The number of hydrogen-bond acceptors (Lipinski definition) is 6. The van der Waals surface area contributed by atoms with Gasteiger partial charge in [0.25, 0.3) is 0 Å². The van der Waals surface area contributed by atoms with Gasteiger partial charge in [-0.15, -0.1) is 0 Å². The topological polar surface area (TPSA) is 85.5 Å². The number of halogens is 1. The first-order valence-corrected chi connectivity index (χ1v) is 12.4. The van der Waals surface area contributed by atoms with E-state index in [1.54, 1.807) is 43.8 Å². The molecule has 0 saturated carbocycles. The number of rotatable bonds is 6. The quantitative estimate of drug-likeness (QED) is 0.354. The van der Waals surface area contributed by atoms with Gasteiger partial charge in [-0.1, -0.05) is 28.1 Å². The number of methoxy groups -OCH3 is 1. The second-order valence-electron chi connectivity index (χ2n) is 7.68. The Morgan fingerprint density at radius 1 is 1.06 bits per heavy atom. The van der Waals surface area contributed by atoms with Gasteiger partial charge < -0.3 is 9.15 Å². The Bertz CT molecular complexity index is 1390. The van der Waals surface area contributed by atoms with Crippen LogP contribution in [0.1, 0.15) is 28.5 Å². The number of hydrogen-bond donors (Lipinski definition) is 0. The molecule has 2 aromatic carbocycles. The van der Waals surface area contributed by atoms with Crippen molar-refractivity contribution in [2.24, 2.45) is 0 Å². The molecular formula is C24H20BrN3O4S. The van der Waals surface area contributed by atoms with Gasteiger partial charge in [0.1, 0.15) is 12.4 Å². The van der Waals surface area contributed by atoms with Gasteiger partial charge in [0, 0.05) is 36.4 Å². The molecule has 5 rings (SSSR count). The fourth-order valence-electron chi connectivity index (χ4n) is 3.96. The molecule has 0 radical (unpaired) electrons. The van der Waals surface area contributed by atoms with E-state index in [-0.39, 0.29) is 24.1 Å². The predicted octanol–water partition coefficient (Wildman–Crippen LogP) is 4.94. The second-order valence-corrected chi connectivity index (χ2v) is 10.5. The number of ether oxygens (including phenoxy) is 1. The molecule has 1 atom stereocenters. The minimum atomic E-state index is -3.67. The van der Waals surface area contributed by atoms with Gasteiger partial charge in [0.15, 0.2) is 0 Å². The summed E-state index contributed by atoms with van der Waals surface area (Å²) in [6.45, 7) is 0.560. The van der Waals surface area contributed by atoms with Crippen LogP contribution in [0, 0.1) is 0 Å². The Morgan fingerprint density at radius 3 is 2.55 bits per heavy atom. The summed E-state index contributed by atoms with van der Waals surface area (Å²) in [5.41, 5.74) is 4.24. The van der Waals surface area contributed by atoms with Crippen molar-refractivity contribution in [2.45, 2.75) is 24.1 Å². The van der Waals surface area contributed by atoms with Crippen LogP contribution in [0.15, 0.2) is 87.0 Å². The van der Waals surface area contributed by atoms with Gasteiger partial charge in [-0.2, -0.15) is 4.31 Å². The largest absolute Gasteiger partial charge is 0.445 e. The Morgan fingerprint density at radius 2 is 1.85 bits per heavy atom. The molecule has 0 N–H and O–H groups in total. The molecule has 0 saturated heterocycles. The number of pyridine rings is 1. The number of benzene rings is 2. The van der Waals surface area contributed by atoms with Crippen LogP contribution < -0.4 is 0 Å². The zero-order valence-electron chi connectivity index (χ0n) is 17.7. The number of oxazole rings is 1. The highest BCUT2D eigenvalue weighted by atomic mass is 79.9. The number of sulfonamides is 1. The Hall–Kier alpha value is -2.85. The van der Waals surface area contributed by atoms with E-state index in [2.05, 4.69) is 25.9 Å². The zero-order chi connectivity index (χ0) is 23.0. The lowest BCUT2D eigenvalue weighted by atomic mass is 10.0. The summed E-state index contributed by atoms with van der Waals surface area (Å²) in [5.74, 6) is 0.448. The number of fused-ring (bicyclic) bond motifs is 1. The highest BCUT2D eigenvalue weighted by molar-refractivity contribution is 9.10. The van der Waals surface area contributed by atoms with Crippen molar-refractivity contribution in [3.8, 4) is 11.5 Å². The fourth-order valence-corrected chi connectivity index (χ4v) is 5.78. The maximum absolute atomic E-state index is 13.3. The molecule has 0 bridgehead atoms. The normalized spacial score (nSPS) is 14.8. The first kappa shape index (κ1) is 22.0. The SMILES string of the molecule is COC(c1cccc(Br)c1)c1cc2c(cn1)CN(S(=O)(=O)c1ccc(-c3ncco3)cc1)C2. The average molecular weight is 526 g/mol. The van der Waals surface area contributed by atoms with Crippen molar-refractivity contribution in [1.29, 1.82) is 0 Å². The van der Waals surface area contributed by atoms with E-state index >= 15 is 0 Å². The molecule has 0 amide bonds. The highest BCUT2D eigenvalue weighted by Crippen LogP contribution is 2.33. The smallest absolute Gasteiger partial charge is 0.243 e. The maximum Gasteiger partial charge on any atom is 0.243 e. The van der Waals surface area contributed by atoms with Crippen molar-refractivity contribution in [3.05, 3.63) is 100 Å². The van der Waals surface area contributed by atoms with Crippen LogP contribution in [0.4, 0.5) is 0 Å². The molecule has 7 nitrogen and oxygen atoms in total. The third kappa shape index (κ3) is 4.24. The van der Waals surface area contributed by atoms with E-state index in [0.29, 0.717) is 5.89 Å².